The van der Waals surface area contributed by atoms with E-state index < -0.39 is 0 Å². The summed E-state index contributed by atoms with van der Waals surface area (Å²) in [7, 11) is 0. The van der Waals surface area contributed by atoms with E-state index in [0.717, 1.165) is 19.6 Å². The molecule has 0 amide bonds. The normalized spacial score (nSPS) is 29.0. The van der Waals surface area contributed by atoms with Crippen molar-refractivity contribution in [1.82, 2.24) is 5.32 Å². The average Bonchev–Trinajstić information content (AvgIpc) is 2.71. The molecular weight excluding hydrogens is 180 g/mol. The molecule has 0 spiro atoms. The van der Waals surface area contributed by atoms with Crippen LogP contribution in [0, 0.1) is 5.92 Å². The topological polar surface area (TPSA) is 38.0 Å². The van der Waals surface area contributed by atoms with Crippen LogP contribution in [-0.4, -0.2) is 19.6 Å². The molecule has 3 heteroatoms. The Morgan fingerprint density at radius 2 is 2.46 bits per heavy atom. The van der Waals surface area contributed by atoms with E-state index in [9.17, 15) is 0 Å². The first kappa shape index (κ1) is 9.19. The van der Waals surface area contributed by atoms with Gasteiger partial charge in [0, 0.05) is 6.54 Å². The molecule has 1 aliphatic rings. The first-order valence-corrected chi connectivity index (χ1v) is 5.77. The Labute approximate surface area is 83.1 Å². The second kappa shape index (κ2) is 4.22. The highest BCUT2D eigenvalue weighted by Gasteiger charge is 2.21. The van der Waals surface area contributed by atoms with Gasteiger partial charge in [0.25, 0.3) is 0 Å². The molecule has 2 atom stereocenters. The van der Waals surface area contributed by atoms with E-state index in [1.807, 2.05) is 0 Å². The van der Waals surface area contributed by atoms with Crippen LogP contribution in [-0.2, 0) is 0 Å². The zero-order valence-corrected chi connectivity index (χ0v) is 8.52. The maximum Gasteiger partial charge on any atom is 0.00206 e. The fourth-order valence-electron chi connectivity index (χ4n) is 1.97. The fourth-order valence-corrected chi connectivity index (χ4v) is 2.71. The second-order valence-corrected chi connectivity index (χ2v) is 4.53. The largest absolute Gasteiger partial charge is 0.330 e. The third kappa shape index (κ3) is 2.10. The van der Waals surface area contributed by atoms with Crippen LogP contribution < -0.4 is 11.1 Å². The molecule has 1 saturated heterocycles. The third-order valence-electron chi connectivity index (χ3n) is 2.79. The smallest absolute Gasteiger partial charge is 0.00206 e. The minimum atomic E-state index is 0.665. The summed E-state index contributed by atoms with van der Waals surface area (Å²) in [6, 6.07) is 2.23. The Kier molecular flexibility index (Phi) is 2.98. The molecular formula is C10H16N2S. The van der Waals surface area contributed by atoms with Crippen LogP contribution in [0.2, 0.25) is 0 Å². The van der Waals surface area contributed by atoms with Gasteiger partial charge in [0.1, 0.15) is 0 Å². The highest BCUT2D eigenvalue weighted by molar-refractivity contribution is 7.07. The van der Waals surface area contributed by atoms with Crippen molar-refractivity contribution < 1.29 is 0 Å². The predicted molar refractivity (Wildman–Crippen MR) is 57.1 cm³/mol. The molecule has 2 rings (SSSR count). The highest BCUT2D eigenvalue weighted by atomic mass is 32.1. The van der Waals surface area contributed by atoms with E-state index in [-0.39, 0.29) is 0 Å². The van der Waals surface area contributed by atoms with Gasteiger partial charge in [0.2, 0.25) is 0 Å². The molecule has 13 heavy (non-hydrogen) atoms. The summed E-state index contributed by atoms with van der Waals surface area (Å²) in [5, 5.41) is 7.86. The SMILES string of the molecule is NCC1CNCC(c2ccsc2)C1. The maximum atomic E-state index is 5.68. The number of hydrogen-bond donors (Lipinski definition) is 2. The lowest BCUT2D eigenvalue weighted by Crippen LogP contribution is -2.38. The standard InChI is InChI=1S/C10H16N2S/c11-4-8-3-10(6-12-5-8)9-1-2-13-7-9/h1-2,7-8,10,12H,3-6,11H2. The summed E-state index contributed by atoms with van der Waals surface area (Å²) < 4.78 is 0. The zero-order chi connectivity index (χ0) is 9.10. The molecule has 2 unspecified atom stereocenters. The van der Waals surface area contributed by atoms with Crippen molar-refractivity contribution >= 4 is 11.3 Å². The molecule has 1 fully saturated rings. The highest BCUT2D eigenvalue weighted by Crippen LogP contribution is 2.27. The predicted octanol–water partition coefficient (Wildman–Crippen LogP) is 1.40. The summed E-state index contributed by atoms with van der Waals surface area (Å²) in [6.07, 6.45) is 1.25. The lowest BCUT2D eigenvalue weighted by Gasteiger charge is -2.28. The number of thiophene rings is 1. The van der Waals surface area contributed by atoms with Crippen LogP contribution >= 0.6 is 11.3 Å². The molecule has 1 aromatic rings. The Morgan fingerprint density at radius 3 is 3.15 bits per heavy atom. The van der Waals surface area contributed by atoms with Crippen molar-refractivity contribution in [3.05, 3.63) is 22.4 Å². The van der Waals surface area contributed by atoms with E-state index in [1.165, 1.54) is 12.0 Å². The Balaban J connectivity index is 2.00. The molecule has 0 aromatic carbocycles. The number of rotatable bonds is 2. The van der Waals surface area contributed by atoms with E-state index in [0.29, 0.717) is 11.8 Å². The Morgan fingerprint density at radius 1 is 1.54 bits per heavy atom. The van der Waals surface area contributed by atoms with Crippen molar-refractivity contribution in [3.8, 4) is 0 Å². The summed E-state index contributed by atoms with van der Waals surface area (Å²) in [6.45, 7) is 3.03. The number of nitrogens with one attached hydrogen (secondary N) is 1. The third-order valence-corrected chi connectivity index (χ3v) is 3.49. The second-order valence-electron chi connectivity index (χ2n) is 3.75. The van der Waals surface area contributed by atoms with Crippen LogP contribution in [0.15, 0.2) is 16.8 Å². The number of piperidine rings is 1. The van der Waals surface area contributed by atoms with E-state index in [2.05, 4.69) is 22.1 Å². The van der Waals surface area contributed by atoms with Gasteiger partial charge in [-0.05, 0) is 53.7 Å². The van der Waals surface area contributed by atoms with Crippen LogP contribution in [0.5, 0.6) is 0 Å². The minimum Gasteiger partial charge on any atom is -0.330 e. The molecule has 0 saturated carbocycles. The van der Waals surface area contributed by atoms with Crippen molar-refractivity contribution in [2.24, 2.45) is 11.7 Å². The minimum absolute atomic E-state index is 0.665. The van der Waals surface area contributed by atoms with E-state index in [1.54, 1.807) is 11.3 Å². The van der Waals surface area contributed by atoms with Gasteiger partial charge in [-0.15, -0.1) is 0 Å². The number of hydrogen-bond acceptors (Lipinski definition) is 3. The van der Waals surface area contributed by atoms with Crippen molar-refractivity contribution in [3.63, 3.8) is 0 Å². The molecule has 1 aromatic heterocycles. The summed E-state index contributed by atoms with van der Waals surface area (Å²) in [4.78, 5) is 0. The number of nitrogens with two attached hydrogens (primary N) is 1. The molecule has 72 valence electrons. The average molecular weight is 196 g/mol. The Hall–Kier alpha value is -0.380. The van der Waals surface area contributed by atoms with Gasteiger partial charge in [-0.25, -0.2) is 0 Å². The maximum absolute atomic E-state index is 5.68. The van der Waals surface area contributed by atoms with Crippen molar-refractivity contribution in [2.45, 2.75) is 12.3 Å². The van der Waals surface area contributed by atoms with Crippen LogP contribution in [0.1, 0.15) is 17.9 Å². The zero-order valence-electron chi connectivity index (χ0n) is 7.70. The molecule has 2 nitrogen and oxygen atoms in total. The van der Waals surface area contributed by atoms with Crippen molar-refractivity contribution in [1.29, 1.82) is 0 Å². The van der Waals surface area contributed by atoms with Crippen LogP contribution in [0.3, 0.4) is 0 Å². The van der Waals surface area contributed by atoms with Gasteiger partial charge in [-0.3, -0.25) is 0 Å². The Bertz CT molecular complexity index is 245. The molecule has 2 heterocycles. The molecule has 0 radical (unpaired) electrons. The van der Waals surface area contributed by atoms with Gasteiger partial charge in [0.15, 0.2) is 0 Å². The molecule has 0 bridgehead atoms. The van der Waals surface area contributed by atoms with Gasteiger partial charge >= 0.3 is 0 Å². The van der Waals surface area contributed by atoms with Crippen LogP contribution in [0.4, 0.5) is 0 Å². The van der Waals surface area contributed by atoms with E-state index in [4.69, 9.17) is 5.73 Å². The van der Waals surface area contributed by atoms with E-state index >= 15 is 0 Å². The van der Waals surface area contributed by atoms with Gasteiger partial charge in [-0.1, -0.05) is 0 Å². The van der Waals surface area contributed by atoms with Gasteiger partial charge in [0.05, 0.1) is 0 Å². The summed E-state index contributed by atoms with van der Waals surface area (Å²) in [5.41, 5.74) is 7.16. The van der Waals surface area contributed by atoms with Crippen LogP contribution in [0.25, 0.3) is 0 Å². The molecule has 3 N–H and O–H groups in total. The summed E-state index contributed by atoms with van der Waals surface area (Å²) >= 11 is 1.78. The first-order valence-electron chi connectivity index (χ1n) is 4.83. The summed E-state index contributed by atoms with van der Waals surface area (Å²) in [5.74, 6) is 1.35. The monoisotopic (exact) mass is 196 g/mol. The lowest BCUT2D eigenvalue weighted by molar-refractivity contribution is 0.348. The van der Waals surface area contributed by atoms with Crippen molar-refractivity contribution in [2.75, 3.05) is 19.6 Å². The quantitative estimate of drug-likeness (QED) is 0.750. The van der Waals surface area contributed by atoms with Gasteiger partial charge in [-0.2, -0.15) is 11.3 Å². The first-order chi connectivity index (χ1) is 6.40. The lowest BCUT2D eigenvalue weighted by atomic mass is 9.87. The molecule has 1 aliphatic heterocycles. The fraction of sp³-hybridized carbons (Fsp3) is 0.600. The molecule has 0 aliphatic carbocycles. The van der Waals surface area contributed by atoms with Gasteiger partial charge < -0.3 is 11.1 Å².